The molecular weight excluding hydrogens is 507 g/mol. The van der Waals surface area contributed by atoms with Crippen LogP contribution in [0.25, 0.3) is 0 Å². The molecule has 0 bridgehead atoms. The van der Waals surface area contributed by atoms with E-state index in [1.807, 2.05) is 19.1 Å². The molecule has 2 fully saturated rings. The number of halogens is 1. The SMILES string of the molecule is CCCC[C@H](CN(C=O)OCc1ccc(OC)cc1)C(=O)N1CC2(CC2)C[C@H]1C(=O)Nc1ccc(F)c[n+]1[O-]. The summed E-state index contributed by atoms with van der Waals surface area (Å²) < 4.78 is 18.8. The van der Waals surface area contributed by atoms with Gasteiger partial charge < -0.3 is 14.8 Å². The van der Waals surface area contributed by atoms with Crippen molar-refractivity contribution in [1.29, 1.82) is 0 Å². The molecule has 210 valence electrons. The van der Waals surface area contributed by atoms with Gasteiger partial charge in [-0.15, -0.1) is 0 Å². The van der Waals surface area contributed by atoms with Crippen molar-refractivity contribution in [3.63, 3.8) is 0 Å². The fraction of sp³-hybridized carbons (Fsp3) is 0.500. The Bertz CT molecular complexity index is 1170. The summed E-state index contributed by atoms with van der Waals surface area (Å²) in [4.78, 5) is 46.3. The van der Waals surface area contributed by atoms with Crippen LogP contribution in [0, 0.1) is 22.4 Å². The highest BCUT2D eigenvalue weighted by atomic mass is 19.1. The largest absolute Gasteiger partial charge is 0.711 e. The van der Waals surface area contributed by atoms with Crippen LogP contribution in [0.4, 0.5) is 10.2 Å². The number of hydrogen-bond donors (Lipinski definition) is 1. The minimum absolute atomic E-state index is 0.0504. The molecule has 1 spiro atoms. The Morgan fingerprint density at radius 1 is 1.28 bits per heavy atom. The lowest BCUT2D eigenvalue weighted by Crippen LogP contribution is -2.48. The summed E-state index contributed by atoms with van der Waals surface area (Å²) in [6.45, 7) is 2.66. The molecule has 1 aliphatic heterocycles. The minimum Gasteiger partial charge on any atom is -0.711 e. The summed E-state index contributed by atoms with van der Waals surface area (Å²) >= 11 is 0. The van der Waals surface area contributed by atoms with Crippen LogP contribution < -0.4 is 14.8 Å². The van der Waals surface area contributed by atoms with E-state index >= 15 is 0 Å². The lowest BCUT2D eigenvalue weighted by Gasteiger charge is -2.29. The highest BCUT2D eigenvalue weighted by Crippen LogP contribution is 2.55. The predicted molar refractivity (Wildman–Crippen MR) is 139 cm³/mol. The van der Waals surface area contributed by atoms with Crippen molar-refractivity contribution in [2.45, 2.75) is 58.1 Å². The molecule has 1 saturated carbocycles. The number of rotatable bonds is 13. The standard InChI is InChI=1S/C28H35FN4O6/c1-3-4-5-21(15-31(19-34)39-17-20-6-9-23(38-2)10-7-20)27(36)32-18-28(12-13-28)14-24(32)26(35)30-25-11-8-22(29)16-33(25)37/h6-11,16,19,21,24H,3-5,12-15,17-18H2,1-2H3,(H,30,35)/t21-,24+/m1/s1. The average molecular weight is 543 g/mol. The third kappa shape index (κ3) is 7.03. The molecule has 2 aliphatic rings. The molecule has 11 heteroatoms. The summed E-state index contributed by atoms with van der Waals surface area (Å²) in [6, 6.07) is 8.77. The van der Waals surface area contributed by atoms with Crippen molar-refractivity contribution in [3.8, 4) is 5.75 Å². The number of likely N-dealkylation sites (tertiary alicyclic amines) is 1. The Morgan fingerprint density at radius 2 is 2.03 bits per heavy atom. The Morgan fingerprint density at radius 3 is 2.64 bits per heavy atom. The second kappa shape index (κ2) is 12.4. The Labute approximate surface area is 227 Å². The van der Waals surface area contributed by atoms with E-state index in [0.717, 1.165) is 48.6 Å². The van der Waals surface area contributed by atoms with Crippen LogP contribution in [-0.4, -0.2) is 54.4 Å². The molecular formula is C28H35FN4O6. The highest BCUT2D eigenvalue weighted by Gasteiger charge is 2.56. The van der Waals surface area contributed by atoms with E-state index < -0.39 is 23.7 Å². The molecule has 1 aromatic carbocycles. The minimum atomic E-state index is -0.765. The van der Waals surface area contributed by atoms with Crippen molar-refractivity contribution in [2.24, 2.45) is 11.3 Å². The number of methoxy groups -OCH3 is 1. The van der Waals surface area contributed by atoms with Gasteiger partial charge in [0.05, 0.1) is 19.6 Å². The summed E-state index contributed by atoms with van der Waals surface area (Å²) in [7, 11) is 1.58. The van der Waals surface area contributed by atoms with Crippen molar-refractivity contribution in [2.75, 3.05) is 25.5 Å². The predicted octanol–water partition coefficient (Wildman–Crippen LogP) is 3.18. The normalized spacial score (nSPS) is 18.0. The van der Waals surface area contributed by atoms with E-state index in [-0.39, 0.29) is 35.0 Å². The molecule has 1 N–H and O–H groups in total. The van der Waals surface area contributed by atoms with Crippen molar-refractivity contribution in [1.82, 2.24) is 9.96 Å². The number of carbonyl (C=O) groups is 3. The highest BCUT2D eigenvalue weighted by molar-refractivity contribution is 5.97. The molecule has 1 aliphatic carbocycles. The van der Waals surface area contributed by atoms with Crippen LogP contribution in [0.1, 0.15) is 51.0 Å². The van der Waals surface area contributed by atoms with Gasteiger partial charge in [-0.2, -0.15) is 0 Å². The van der Waals surface area contributed by atoms with Gasteiger partial charge in [0.1, 0.15) is 24.6 Å². The lowest BCUT2D eigenvalue weighted by molar-refractivity contribution is -0.591. The zero-order chi connectivity index (χ0) is 28.0. The zero-order valence-electron chi connectivity index (χ0n) is 22.3. The molecule has 2 atom stereocenters. The molecule has 1 aromatic heterocycles. The number of anilines is 1. The number of carbonyl (C=O) groups excluding carboxylic acids is 3. The fourth-order valence-corrected chi connectivity index (χ4v) is 5.02. The molecule has 0 unspecified atom stereocenters. The van der Waals surface area contributed by atoms with Crippen molar-refractivity contribution >= 4 is 24.0 Å². The van der Waals surface area contributed by atoms with E-state index in [2.05, 4.69) is 5.32 Å². The first-order valence-corrected chi connectivity index (χ1v) is 13.3. The number of nitrogens with one attached hydrogen (secondary N) is 1. The van der Waals surface area contributed by atoms with Crippen LogP contribution in [-0.2, 0) is 25.8 Å². The third-order valence-electron chi connectivity index (χ3n) is 7.51. The first-order chi connectivity index (χ1) is 18.8. The quantitative estimate of drug-likeness (QED) is 0.180. The van der Waals surface area contributed by atoms with Gasteiger partial charge in [0, 0.05) is 12.6 Å². The second-order valence-electron chi connectivity index (χ2n) is 10.4. The number of unbranched alkanes of at least 4 members (excludes halogenated alkanes) is 1. The number of nitrogens with zero attached hydrogens (tertiary/aromatic N) is 3. The number of pyridine rings is 1. The zero-order valence-corrected chi connectivity index (χ0v) is 22.3. The van der Waals surface area contributed by atoms with Gasteiger partial charge in [0.2, 0.25) is 12.3 Å². The fourth-order valence-electron chi connectivity index (χ4n) is 5.02. The van der Waals surface area contributed by atoms with E-state index in [4.69, 9.17) is 9.57 Å². The molecule has 2 heterocycles. The van der Waals surface area contributed by atoms with E-state index in [1.54, 1.807) is 24.1 Å². The van der Waals surface area contributed by atoms with Gasteiger partial charge in [-0.05, 0) is 54.9 Å². The van der Waals surface area contributed by atoms with Crippen LogP contribution in [0.3, 0.4) is 0 Å². The molecule has 39 heavy (non-hydrogen) atoms. The van der Waals surface area contributed by atoms with Crippen LogP contribution in [0.15, 0.2) is 42.6 Å². The number of ether oxygens (including phenoxy) is 1. The van der Waals surface area contributed by atoms with Crippen LogP contribution in [0.5, 0.6) is 5.75 Å². The van der Waals surface area contributed by atoms with Gasteiger partial charge in [-0.3, -0.25) is 14.4 Å². The molecule has 10 nitrogen and oxygen atoms in total. The monoisotopic (exact) mass is 542 g/mol. The smallest absolute Gasteiger partial charge is 0.330 e. The maximum atomic E-state index is 13.9. The Hall–Kier alpha value is -3.73. The van der Waals surface area contributed by atoms with Crippen LogP contribution in [0.2, 0.25) is 0 Å². The Kier molecular flexibility index (Phi) is 9.01. The Balaban J connectivity index is 1.45. The molecule has 1 saturated heterocycles. The molecule has 0 radical (unpaired) electrons. The third-order valence-corrected chi connectivity index (χ3v) is 7.51. The molecule has 2 aromatic rings. The molecule has 4 rings (SSSR count). The van der Waals surface area contributed by atoms with Gasteiger partial charge in [-0.25, -0.2) is 24.3 Å². The number of hydrogen-bond acceptors (Lipinski definition) is 6. The van der Waals surface area contributed by atoms with Gasteiger partial charge in [-0.1, -0.05) is 31.9 Å². The van der Waals surface area contributed by atoms with Gasteiger partial charge in [0.25, 0.3) is 5.82 Å². The first-order valence-electron chi connectivity index (χ1n) is 13.3. The lowest BCUT2D eigenvalue weighted by atomic mass is 9.99. The second-order valence-corrected chi connectivity index (χ2v) is 10.4. The first kappa shape index (κ1) is 28.3. The summed E-state index contributed by atoms with van der Waals surface area (Å²) in [5, 5.41) is 15.7. The number of amides is 3. The number of hydroxylamine groups is 2. The topological polar surface area (TPSA) is 115 Å². The maximum Gasteiger partial charge on any atom is 0.330 e. The summed E-state index contributed by atoms with van der Waals surface area (Å²) in [5.74, 6) is -1.39. The van der Waals surface area contributed by atoms with Gasteiger partial charge >= 0.3 is 5.91 Å². The maximum absolute atomic E-state index is 13.9. The van der Waals surface area contributed by atoms with Gasteiger partial charge in [0.15, 0.2) is 5.82 Å². The van der Waals surface area contributed by atoms with Crippen molar-refractivity contribution in [3.05, 3.63) is 59.2 Å². The van der Waals surface area contributed by atoms with E-state index in [0.29, 0.717) is 31.5 Å². The van der Waals surface area contributed by atoms with Crippen LogP contribution >= 0.6 is 0 Å². The summed E-state index contributed by atoms with van der Waals surface area (Å²) in [6.07, 6.45) is 5.79. The summed E-state index contributed by atoms with van der Waals surface area (Å²) in [5.41, 5.74) is 0.737. The molecule has 3 amide bonds. The average Bonchev–Trinajstić information content (AvgIpc) is 3.59. The number of aromatic nitrogens is 1. The van der Waals surface area contributed by atoms with Crippen molar-refractivity contribution < 1.29 is 33.1 Å². The van der Waals surface area contributed by atoms with E-state index in [9.17, 15) is 24.0 Å². The number of benzene rings is 1. The van der Waals surface area contributed by atoms with E-state index in [1.165, 1.54) is 6.07 Å².